The van der Waals surface area contributed by atoms with E-state index in [1.807, 2.05) is 68.4 Å². The molecule has 0 radical (unpaired) electrons. The van der Waals surface area contributed by atoms with Crippen molar-refractivity contribution < 1.29 is 19.1 Å². The molecule has 0 unspecified atom stereocenters. The van der Waals surface area contributed by atoms with Crippen LogP contribution in [0.3, 0.4) is 0 Å². The Morgan fingerprint density at radius 1 is 0.968 bits per heavy atom. The van der Waals surface area contributed by atoms with Crippen molar-refractivity contribution in [2.75, 3.05) is 0 Å². The second-order valence-electron chi connectivity index (χ2n) is 7.69. The Kier molecular flexibility index (Phi) is 9.52. The van der Waals surface area contributed by atoms with Gasteiger partial charge < -0.3 is 21.1 Å². The number of hydrogen-bond acceptors (Lipinski definition) is 4. The van der Waals surface area contributed by atoms with Crippen LogP contribution in [0.4, 0.5) is 4.79 Å². The van der Waals surface area contributed by atoms with Crippen LogP contribution in [0.25, 0.3) is 0 Å². The number of carbonyl (C=O) groups is 3. The topological polar surface area (TPSA) is 111 Å². The average molecular weight is 490 g/mol. The highest BCUT2D eigenvalue weighted by Crippen LogP contribution is 2.14. The van der Waals surface area contributed by atoms with Gasteiger partial charge in [0.25, 0.3) is 0 Å². The quantitative estimate of drug-likeness (QED) is 0.475. The van der Waals surface area contributed by atoms with Crippen molar-refractivity contribution >= 4 is 33.8 Å². The van der Waals surface area contributed by atoms with Gasteiger partial charge in [0.05, 0.1) is 0 Å². The lowest BCUT2D eigenvalue weighted by Gasteiger charge is -2.23. The molecule has 0 aliphatic heterocycles. The lowest BCUT2D eigenvalue weighted by molar-refractivity contribution is -0.128. The van der Waals surface area contributed by atoms with Gasteiger partial charge in [-0.3, -0.25) is 9.59 Å². The van der Waals surface area contributed by atoms with E-state index in [2.05, 4.69) is 26.6 Å². The molecule has 3 amide bonds. The van der Waals surface area contributed by atoms with Crippen molar-refractivity contribution in [1.82, 2.24) is 10.6 Å². The van der Waals surface area contributed by atoms with Crippen LogP contribution in [0.5, 0.6) is 0 Å². The van der Waals surface area contributed by atoms with E-state index >= 15 is 0 Å². The van der Waals surface area contributed by atoms with E-state index in [0.717, 1.165) is 15.6 Å². The van der Waals surface area contributed by atoms with Crippen molar-refractivity contribution in [3.05, 3.63) is 70.2 Å². The molecule has 0 bridgehead atoms. The van der Waals surface area contributed by atoms with Gasteiger partial charge in [-0.05, 0) is 35.6 Å². The molecule has 8 heteroatoms. The Morgan fingerprint density at radius 3 is 2.26 bits per heavy atom. The average Bonchev–Trinajstić information content (AvgIpc) is 2.71. The molecule has 7 nitrogen and oxygen atoms in total. The van der Waals surface area contributed by atoms with Gasteiger partial charge in [0, 0.05) is 10.9 Å². The Labute approximate surface area is 190 Å². The van der Waals surface area contributed by atoms with Gasteiger partial charge in [-0.2, -0.15) is 0 Å². The van der Waals surface area contributed by atoms with Gasteiger partial charge in [-0.15, -0.1) is 0 Å². The Balaban J connectivity index is 2.10. The van der Waals surface area contributed by atoms with Gasteiger partial charge in [0.1, 0.15) is 18.7 Å². The minimum absolute atomic E-state index is 0.0785. The standard InChI is InChI=1S/C23H28BrN3O4/c1-15(2)11-19(21(25)28)26-22(29)20(13-17-9-6-10-18(24)12-17)27-23(30)31-14-16-7-4-3-5-8-16/h3-10,12,15,19-20H,11,13-14H2,1-2H3,(H2,25,28)(H,26,29)(H,27,30)/t19-,20-/m0/s1. The van der Waals surface area contributed by atoms with Crippen molar-refractivity contribution in [2.24, 2.45) is 11.7 Å². The van der Waals surface area contributed by atoms with Crippen molar-refractivity contribution in [2.45, 2.75) is 45.4 Å². The molecule has 2 aromatic carbocycles. The van der Waals surface area contributed by atoms with Gasteiger partial charge >= 0.3 is 6.09 Å². The largest absolute Gasteiger partial charge is 0.445 e. The van der Waals surface area contributed by atoms with Crippen molar-refractivity contribution in [3.8, 4) is 0 Å². The first-order valence-corrected chi connectivity index (χ1v) is 10.8. The van der Waals surface area contributed by atoms with E-state index in [-0.39, 0.29) is 18.9 Å². The summed E-state index contributed by atoms with van der Waals surface area (Å²) in [5.41, 5.74) is 7.11. The maximum atomic E-state index is 12.9. The van der Waals surface area contributed by atoms with Crippen LogP contribution < -0.4 is 16.4 Å². The third-order valence-electron chi connectivity index (χ3n) is 4.52. The lowest BCUT2D eigenvalue weighted by Crippen LogP contribution is -2.54. The van der Waals surface area contributed by atoms with Crippen LogP contribution in [0.15, 0.2) is 59.1 Å². The summed E-state index contributed by atoms with van der Waals surface area (Å²) in [6, 6.07) is 14.9. The monoisotopic (exact) mass is 489 g/mol. The second kappa shape index (κ2) is 12.1. The van der Waals surface area contributed by atoms with Crippen molar-refractivity contribution in [1.29, 1.82) is 0 Å². The predicted octanol–water partition coefficient (Wildman–Crippen LogP) is 3.30. The fourth-order valence-corrected chi connectivity index (χ4v) is 3.45. The summed E-state index contributed by atoms with van der Waals surface area (Å²) >= 11 is 3.40. The molecule has 0 aliphatic carbocycles. The molecule has 0 aliphatic rings. The fraction of sp³-hybridized carbons (Fsp3) is 0.348. The van der Waals surface area contributed by atoms with E-state index in [1.54, 1.807) is 0 Å². The van der Waals surface area contributed by atoms with E-state index in [1.165, 1.54) is 0 Å². The zero-order valence-electron chi connectivity index (χ0n) is 17.6. The molecule has 2 rings (SSSR count). The molecule has 2 atom stereocenters. The Bertz CT molecular complexity index is 889. The van der Waals surface area contributed by atoms with E-state index in [9.17, 15) is 14.4 Å². The lowest BCUT2D eigenvalue weighted by atomic mass is 10.0. The molecule has 0 saturated carbocycles. The summed E-state index contributed by atoms with van der Waals surface area (Å²) in [4.78, 5) is 37.1. The molecule has 4 N–H and O–H groups in total. The highest BCUT2D eigenvalue weighted by atomic mass is 79.9. The van der Waals surface area contributed by atoms with Crippen LogP contribution in [0.2, 0.25) is 0 Å². The molecule has 0 aromatic heterocycles. The SMILES string of the molecule is CC(C)C[C@H](NC(=O)[C@H](Cc1cccc(Br)c1)NC(=O)OCc1ccccc1)C(N)=O. The molecule has 31 heavy (non-hydrogen) atoms. The number of hydrogen-bond donors (Lipinski definition) is 3. The second-order valence-corrected chi connectivity index (χ2v) is 8.60. The summed E-state index contributed by atoms with van der Waals surface area (Å²) < 4.78 is 6.11. The number of nitrogens with one attached hydrogen (secondary N) is 2. The maximum Gasteiger partial charge on any atom is 0.408 e. The summed E-state index contributed by atoms with van der Waals surface area (Å²) in [5, 5.41) is 5.28. The van der Waals surface area contributed by atoms with Gasteiger partial charge in [-0.1, -0.05) is 72.2 Å². The normalized spacial score (nSPS) is 12.6. The number of benzene rings is 2. The van der Waals surface area contributed by atoms with Crippen LogP contribution in [-0.4, -0.2) is 30.0 Å². The Morgan fingerprint density at radius 2 is 1.65 bits per heavy atom. The van der Waals surface area contributed by atoms with Crippen LogP contribution >= 0.6 is 15.9 Å². The number of amides is 3. The number of primary amides is 1. The minimum atomic E-state index is -0.938. The molecule has 0 fully saturated rings. The minimum Gasteiger partial charge on any atom is -0.445 e. The van der Waals surface area contributed by atoms with E-state index < -0.39 is 30.0 Å². The first kappa shape index (κ1) is 24.4. The third-order valence-corrected chi connectivity index (χ3v) is 5.01. The molecule has 0 saturated heterocycles. The van der Waals surface area contributed by atoms with Gasteiger partial charge in [0.15, 0.2) is 0 Å². The van der Waals surface area contributed by atoms with Crippen molar-refractivity contribution in [3.63, 3.8) is 0 Å². The predicted molar refractivity (Wildman–Crippen MR) is 122 cm³/mol. The number of ether oxygens (including phenoxy) is 1. The number of carbonyl (C=O) groups excluding carboxylic acids is 3. The number of alkyl carbamates (subject to hydrolysis) is 1. The number of nitrogens with two attached hydrogens (primary N) is 1. The summed E-state index contributed by atoms with van der Waals surface area (Å²) in [5.74, 6) is -0.957. The first-order valence-electron chi connectivity index (χ1n) is 10.1. The Hall–Kier alpha value is -2.87. The highest BCUT2D eigenvalue weighted by Gasteiger charge is 2.27. The first-order chi connectivity index (χ1) is 14.7. The van der Waals surface area contributed by atoms with E-state index in [0.29, 0.717) is 6.42 Å². The molecule has 166 valence electrons. The van der Waals surface area contributed by atoms with Gasteiger partial charge in [0.2, 0.25) is 11.8 Å². The fourth-order valence-electron chi connectivity index (χ4n) is 3.01. The van der Waals surface area contributed by atoms with E-state index in [4.69, 9.17) is 10.5 Å². The van der Waals surface area contributed by atoms with Crippen LogP contribution in [0.1, 0.15) is 31.4 Å². The molecular weight excluding hydrogens is 462 g/mol. The zero-order valence-corrected chi connectivity index (χ0v) is 19.2. The summed E-state index contributed by atoms with van der Waals surface area (Å²) in [7, 11) is 0. The molecular formula is C23H28BrN3O4. The molecule has 2 aromatic rings. The highest BCUT2D eigenvalue weighted by molar-refractivity contribution is 9.10. The van der Waals surface area contributed by atoms with Gasteiger partial charge in [-0.25, -0.2) is 4.79 Å². The molecule has 0 heterocycles. The summed E-state index contributed by atoms with van der Waals surface area (Å²) in [6.07, 6.45) is -0.0966. The maximum absolute atomic E-state index is 12.9. The molecule has 0 spiro atoms. The van der Waals surface area contributed by atoms with Crippen LogP contribution in [-0.2, 0) is 27.4 Å². The van der Waals surface area contributed by atoms with Crippen LogP contribution in [0, 0.1) is 5.92 Å². The number of halogens is 1. The third kappa shape index (κ3) is 8.80. The zero-order chi connectivity index (χ0) is 22.8. The number of rotatable bonds is 10. The summed E-state index contributed by atoms with van der Waals surface area (Å²) in [6.45, 7) is 3.94. The smallest absolute Gasteiger partial charge is 0.408 e.